The van der Waals surface area contributed by atoms with E-state index in [1.165, 1.54) is 25.3 Å². The molecule has 0 saturated carbocycles. The molecular formula is C41H61BrClN13O7. The summed E-state index contributed by atoms with van der Waals surface area (Å²) < 4.78 is 14.3. The first kappa shape index (κ1) is 58.9. The summed E-state index contributed by atoms with van der Waals surface area (Å²) in [6, 6.07) is 7.16. The Labute approximate surface area is 380 Å². The third-order valence-corrected chi connectivity index (χ3v) is 8.25. The van der Waals surface area contributed by atoms with Crippen LogP contribution in [0.25, 0.3) is 22.1 Å². The van der Waals surface area contributed by atoms with Crippen LogP contribution < -0.4 is 22.6 Å². The van der Waals surface area contributed by atoms with Gasteiger partial charge in [0.1, 0.15) is 40.9 Å². The fraction of sp³-hybridized carbons (Fsp3) is 0.488. The lowest BCUT2D eigenvalue weighted by atomic mass is 9.99. The van der Waals surface area contributed by atoms with E-state index in [-0.39, 0.29) is 17.5 Å². The SMILES string of the molecule is CC(C)Cc1c(N)nc[nH]c1=O.CCOC(=O)C(C#N)CC(C)C.CCOC(=O)CC#N.CCOC(C)CBr.CN=CN.Clc1ncnc2[nH]ccc12.O=c1[nH]cnc2[nH]ccc12. The van der Waals surface area contributed by atoms with E-state index < -0.39 is 17.9 Å². The Bertz CT molecular complexity index is 2220. The zero-order valence-electron chi connectivity index (χ0n) is 37.3. The minimum absolute atomic E-state index is 0.105. The number of hydrogen-bond donors (Lipinski definition) is 6. The van der Waals surface area contributed by atoms with Crippen LogP contribution in [0.4, 0.5) is 5.82 Å². The van der Waals surface area contributed by atoms with E-state index in [9.17, 15) is 19.2 Å². The third kappa shape index (κ3) is 27.4. The molecule has 0 aliphatic heterocycles. The second-order valence-electron chi connectivity index (χ2n) is 13.1. The van der Waals surface area contributed by atoms with Gasteiger partial charge in [0.2, 0.25) is 0 Å². The van der Waals surface area contributed by atoms with E-state index in [1.54, 1.807) is 45.4 Å². The Hall–Kier alpha value is -6.16. The van der Waals surface area contributed by atoms with Crippen molar-refractivity contribution in [2.75, 3.05) is 37.9 Å². The summed E-state index contributed by atoms with van der Waals surface area (Å²) in [6.07, 6.45) is 10.3. The van der Waals surface area contributed by atoms with Gasteiger partial charge in [0, 0.05) is 31.4 Å². The van der Waals surface area contributed by atoms with Gasteiger partial charge in [0.05, 0.1) is 66.8 Å². The number of nitrogens with zero attached hydrogens (tertiary/aromatic N) is 7. The smallest absolute Gasteiger partial charge is 0.323 e. The minimum Gasteiger partial charge on any atom is -0.465 e. The lowest BCUT2D eigenvalue weighted by molar-refractivity contribution is -0.146. The van der Waals surface area contributed by atoms with Crippen molar-refractivity contribution in [1.29, 1.82) is 10.5 Å². The standard InChI is InChI=1S/C9H15NO2.C8H13N3O.C6H4ClN3.C6H5N3O.C5H11BrO.C5H7NO2.C2H6N2/c1-4-12-9(11)8(6-10)5-7(2)3;1-5(2)3-6-7(9)10-4-11-8(6)12;7-5-4-1-2-8-6(4)10-3-9-5;10-6-4-1-2-7-5(4)8-3-9-6;1-3-7-5(2)4-6;1-2-8-5(7)3-4-6;1-4-2-3/h7-8H,4-5H2,1-3H3;4-5H,3H2,1-2H3,(H3,9,10,11,12);1-3H,(H,8,9,10);1-3H,(H2,7,8,9,10);5H,3-4H2,1-2H3;2-3H2,1H3;2H,1H3,(H2,3,4). The molecule has 0 radical (unpaired) electrons. The number of nitrogen functional groups attached to an aromatic ring is 1. The van der Waals surface area contributed by atoms with Gasteiger partial charge in [-0.3, -0.25) is 24.2 Å². The van der Waals surface area contributed by atoms with Gasteiger partial charge < -0.3 is 45.6 Å². The van der Waals surface area contributed by atoms with Crippen LogP contribution in [0.5, 0.6) is 0 Å². The fourth-order valence-corrected chi connectivity index (χ4v) is 4.68. The third-order valence-electron chi connectivity index (χ3n) is 7.04. The van der Waals surface area contributed by atoms with Gasteiger partial charge in [0.25, 0.3) is 11.1 Å². The van der Waals surface area contributed by atoms with Gasteiger partial charge >= 0.3 is 11.9 Å². The van der Waals surface area contributed by atoms with Gasteiger partial charge in [-0.05, 0) is 64.5 Å². The molecule has 5 aromatic heterocycles. The van der Waals surface area contributed by atoms with Crippen molar-refractivity contribution in [1.82, 2.24) is 39.9 Å². The summed E-state index contributed by atoms with van der Waals surface area (Å²) in [6.45, 7) is 17.0. The Balaban J connectivity index is 0. The molecule has 346 valence electrons. The lowest BCUT2D eigenvalue weighted by Gasteiger charge is -2.09. The molecular weight excluding hydrogens is 902 g/mol. The number of hydrogen-bond acceptors (Lipinski definition) is 15. The summed E-state index contributed by atoms with van der Waals surface area (Å²) in [7, 11) is 1.62. The number of nitrogens with two attached hydrogens (primary N) is 2. The van der Waals surface area contributed by atoms with Crippen molar-refractivity contribution in [3.63, 3.8) is 0 Å². The van der Waals surface area contributed by atoms with E-state index in [0.717, 1.165) is 23.0 Å². The molecule has 2 atom stereocenters. The molecule has 0 saturated heterocycles. The van der Waals surface area contributed by atoms with Gasteiger partial charge in [-0.25, -0.2) is 19.9 Å². The normalized spacial score (nSPS) is 10.8. The average molecular weight is 963 g/mol. The number of rotatable bonds is 11. The number of esters is 2. The fourth-order valence-electron chi connectivity index (χ4n) is 4.29. The van der Waals surface area contributed by atoms with Crippen molar-refractivity contribution in [3.05, 3.63) is 74.9 Å². The van der Waals surface area contributed by atoms with Crippen LogP contribution in [0.3, 0.4) is 0 Å². The van der Waals surface area contributed by atoms with E-state index in [2.05, 4.69) is 65.5 Å². The molecule has 5 rings (SSSR count). The number of alkyl halides is 1. The molecule has 0 spiro atoms. The maximum absolute atomic E-state index is 11.2. The van der Waals surface area contributed by atoms with Crippen LogP contribution in [0.2, 0.25) is 5.15 Å². The zero-order valence-corrected chi connectivity index (χ0v) is 39.6. The molecule has 20 nitrogen and oxygen atoms in total. The first-order valence-corrected chi connectivity index (χ1v) is 21.2. The van der Waals surface area contributed by atoms with Gasteiger partial charge in [0.15, 0.2) is 0 Å². The number of aliphatic imine (C=N–C) groups is 1. The number of anilines is 1. The molecule has 0 aromatic carbocycles. The van der Waals surface area contributed by atoms with Crippen molar-refractivity contribution in [3.8, 4) is 12.1 Å². The van der Waals surface area contributed by atoms with Crippen LogP contribution in [-0.4, -0.2) is 96.5 Å². The Morgan fingerprint density at radius 2 is 1.44 bits per heavy atom. The second kappa shape index (κ2) is 36.5. The summed E-state index contributed by atoms with van der Waals surface area (Å²) in [5.74, 6) is -0.335. The number of aromatic amines is 4. The van der Waals surface area contributed by atoms with E-state index in [0.29, 0.717) is 71.6 Å². The average Bonchev–Trinajstić information content (AvgIpc) is 3.95. The van der Waals surface area contributed by atoms with E-state index >= 15 is 0 Å². The number of nitriles is 2. The van der Waals surface area contributed by atoms with Crippen LogP contribution in [0, 0.1) is 40.4 Å². The Morgan fingerprint density at radius 3 is 1.89 bits per heavy atom. The van der Waals surface area contributed by atoms with Crippen molar-refractivity contribution >= 4 is 73.7 Å². The van der Waals surface area contributed by atoms with Gasteiger partial charge in [-0.15, -0.1) is 0 Å². The van der Waals surface area contributed by atoms with Crippen LogP contribution >= 0.6 is 27.5 Å². The predicted molar refractivity (Wildman–Crippen MR) is 249 cm³/mol. The predicted octanol–water partition coefficient (Wildman–Crippen LogP) is 6.02. The lowest BCUT2D eigenvalue weighted by Crippen LogP contribution is -2.17. The number of carbonyl (C=O) groups is 2. The number of halogens is 2. The summed E-state index contributed by atoms with van der Waals surface area (Å²) in [5, 5.41) is 19.4. The number of fused-ring (bicyclic) bond motifs is 2. The molecule has 0 bridgehead atoms. The molecule has 0 amide bonds. The quantitative estimate of drug-likeness (QED) is 0.0290. The van der Waals surface area contributed by atoms with Crippen molar-refractivity contribution in [2.45, 2.75) is 80.8 Å². The van der Waals surface area contributed by atoms with E-state index in [4.69, 9.17) is 43.1 Å². The highest BCUT2D eigenvalue weighted by Gasteiger charge is 2.19. The first-order chi connectivity index (χ1) is 30.0. The van der Waals surface area contributed by atoms with Crippen molar-refractivity contribution < 1.29 is 23.8 Å². The number of nitrogens with one attached hydrogen (secondary N) is 4. The molecule has 0 fully saturated rings. The number of aromatic nitrogens is 8. The van der Waals surface area contributed by atoms with Gasteiger partial charge in [-0.1, -0.05) is 55.2 Å². The Kier molecular flexibility index (Phi) is 34.1. The van der Waals surface area contributed by atoms with Crippen molar-refractivity contribution in [2.24, 2.45) is 28.5 Å². The largest absolute Gasteiger partial charge is 0.465 e. The number of carbonyl (C=O) groups excluding carboxylic acids is 2. The van der Waals surface area contributed by atoms with Crippen LogP contribution in [-0.2, 0) is 30.2 Å². The van der Waals surface area contributed by atoms with Crippen LogP contribution in [0.15, 0.2) is 58.1 Å². The van der Waals surface area contributed by atoms with E-state index in [1.807, 2.05) is 53.7 Å². The highest BCUT2D eigenvalue weighted by atomic mass is 79.9. The molecule has 0 aliphatic carbocycles. The maximum Gasteiger partial charge on any atom is 0.323 e. The topological polar surface area (TPSA) is 323 Å². The Morgan fingerprint density at radius 1 is 0.873 bits per heavy atom. The molecule has 5 aromatic rings. The number of H-pyrrole nitrogens is 4. The molecule has 0 aliphatic rings. The molecule has 2 unspecified atom stereocenters. The molecule has 8 N–H and O–H groups in total. The first-order valence-electron chi connectivity index (χ1n) is 19.7. The second-order valence-corrected chi connectivity index (χ2v) is 14.1. The summed E-state index contributed by atoms with van der Waals surface area (Å²) in [5.41, 5.74) is 12.0. The summed E-state index contributed by atoms with van der Waals surface area (Å²) in [4.78, 5) is 73.0. The molecule has 5 heterocycles. The number of ether oxygens (including phenoxy) is 3. The molecule has 22 heteroatoms. The zero-order chi connectivity index (χ0) is 48.2. The monoisotopic (exact) mass is 961 g/mol. The maximum atomic E-state index is 11.2. The van der Waals surface area contributed by atoms with Gasteiger partial charge in [-0.2, -0.15) is 10.5 Å². The highest BCUT2D eigenvalue weighted by molar-refractivity contribution is 9.09. The highest BCUT2D eigenvalue weighted by Crippen LogP contribution is 2.16. The minimum atomic E-state index is -0.593. The summed E-state index contributed by atoms with van der Waals surface area (Å²) >= 11 is 9.02. The molecule has 63 heavy (non-hydrogen) atoms. The van der Waals surface area contributed by atoms with Crippen LogP contribution in [0.1, 0.15) is 73.8 Å².